The van der Waals surface area contributed by atoms with Gasteiger partial charge in [0, 0.05) is 10.9 Å². The summed E-state index contributed by atoms with van der Waals surface area (Å²) in [6.07, 6.45) is 2.67. The minimum atomic E-state index is -0.380. The number of carbonyl (C=O) groups is 1. The minimum absolute atomic E-state index is 0.254. The molecule has 1 amide bonds. The van der Waals surface area contributed by atoms with Crippen LogP contribution in [-0.2, 0) is 0 Å². The second kappa shape index (κ2) is 4.90. The molecule has 4 N–H and O–H groups in total. The van der Waals surface area contributed by atoms with Crippen molar-refractivity contribution < 1.29 is 4.79 Å². The number of hydrogen-bond donors (Lipinski definition) is 3. The molecule has 0 radical (unpaired) electrons. The summed E-state index contributed by atoms with van der Waals surface area (Å²) in [5.41, 5.74) is 6.95. The van der Waals surface area contributed by atoms with Gasteiger partial charge in [-0.05, 0) is 18.2 Å². The number of nitrogen functional groups attached to an aromatic ring is 1. The van der Waals surface area contributed by atoms with Crippen LogP contribution in [0, 0.1) is 11.3 Å². The maximum absolute atomic E-state index is 12.2. The molecular formula is C13H9N7O. The number of nitrogens with one attached hydrogen (secondary N) is 2. The Morgan fingerprint density at radius 2 is 2.24 bits per heavy atom. The van der Waals surface area contributed by atoms with E-state index in [1.165, 1.54) is 12.5 Å². The van der Waals surface area contributed by atoms with Crippen LogP contribution in [0.3, 0.4) is 0 Å². The van der Waals surface area contributed by atoms with E-state index in [0.29, 0.717) is 22.3 Å². The Balaban J connectivity index is 1.94. The predicted octanol–water partition coefficient (Wildman–Crippen LogP) is 1.06. The van der Waals surface area contributed by atoms with Gasteiger partial charge in [-0.25, -0.2) is 9.97 Å². The molecule has 3 rings (SSSR count). The molecule has 0 unspecified atom stereocenters. The van der Waals surface area contributed by atoms with Crippen LogP contribution in [0.5, 0.6) is 0 Å². The first kappa shape index (κ1) is 12.6. The molecule has 0 fully saturated rings. The lowest BCUT2D eigenvalue weighted by molar-refractivity contribution is 0.102. The average Bonchev–Trinajstić information content (AvgIpc) is 2.94. The highest BCUT2D eigenvalue weighted by atomic mass is 16.1. The van der Waals surface area contributed by atoms with Crippen LogP contribution in [0.2, 0.25) is 0 Å². The van der Waals surface area contributed by atoms with Crippen molar-refractivity contribution in [1.29, 1.82) is 5.26 Å². The first-order chi connectivity index (χ1) is 10.2. The fourth-order valence-electron chi connectivity index (χ4n) is 1.87. The SMILES string of the molecule is N#Cc1cn[nH]c1NC(=O)c1ccc2c(N)ncnc2c1. The van der Waals surface area contributed by atoms with Crippen LogP contribution >= 0.6 is 0 Å². The van der Waals surface area contributed by atoms with E-state index in [1.807, 2.05) is 6.07 Å². The molecular weight excluding hydrogens is 270 g/mol. The zero-order chi connectivity index (χ0) is 14.8. The van der Waals surface area contributed by atoms with E-state index < -0.39 is 0 Å². The van der Waals surface area contributed by atoms with Gasteiger partial charge in [-0.3, -0.25) is 9.89 Å². The normalized spacial score (nSPS) is 10.2. The number of hydrogen-bond acceptors (Lipinski definition) is 6. The van der Waals surface area contributed by atoms with E-state index >= 15 is 0 Å². The minimum Gasteiger partial charge on any atom is -0.383 e. The Bertz CT molecular complexity index is 878. The van der Waals surface area contributed by atoms with Crippen LogP contribution in [0.1, 0.15) is 15.9 Å². The van der Waals surface area contributed by atoms with Gasteiger partial charge in [-0.1, -0.05) is 0 Å². The number of aromatic amines is 1. The van der Waals surface area contributed by atoms with E-state index in [4.69, 9.17) is 11.0 Å². The van der Waals surface area contributed by atoms with Crippen molar-refractivity contribution in [2.45, 2.75) is 0 Å². The molecule has 3 aromatic rings. The van der Waals surface area contributed by atoms with E-state index in [2.05, 4.69) is 25.5 Å². The molecule has 0 spiro atoms. The number of carbonyl (C=O) groups excluding carboxylic acids is 1. The maximum atomic E-state index is 12.2. The summed E-state index contributed by atoms with van der Waals surface area (Å²) < 4.78 is 0. The van der Waals surface area contributed by atoms with Crippen molar-refractivity contribution in [3.05, 3.63) is 41.9 Å². The summed E-state index contributed by atoms with van der Waals surface area (Å²) in [7, 11) is 0. The molecule has 0 bridgehead atoms. The van der Waals surface area contributed by atoms with Crippen molar-refractivity contribution >= 4 is 28.4 Å². The topological polar surface area (TPSA) is 133 Å². The fraction of sp³-hybridized carbons (Fsp3) is 0. The average molecular weight is 279 g/mol. The monoisotopic (exact) mass is 279 g/mol. The fourth-order valence-corrected chi connectivity index (χ4v) is 1.87. The second-order valence-corrected chi connectivity index (χ2v) is 4.22. The van der Waals surface area contributed by atoms with Crippen molar-refractivity contribution in [1.82, 2.24) is 20.2 Å². The Morgan fingerprint density at radius 1 is 1.38 bits per heavy atom. The second-order valence-electron chi connectivity index (χ2n) is 4.22. The molecule has 102 valence electrons. The van der Waals surface area contributed by atoms with Crippen molar-refractivity contribution in [2.24, 2.45) is 0 Å². The number of nitrogens with two attached hydrogens (primary N) is 1. The number of rotatable bonds is 2. The zero-order valence-electron chi connectivity index (χ0n) is 10.7. The van der Waals surface area contributed by atoms with E-state index in [9.17, 15) is 4.79 Å². The Morgan fingerprint density at radius 3 is 3.05 bits per heavy atom. The molecule has 8 nitrogen and oxygen atoms in total. The van der Waals surface area contributed by atoms with Crippen molar-refractivity contribution in [2.75, 3.05) is 11.1 Å². The molecule has 0 aliphatic heterocycles. The molecule has 0 saturated heterocycles. The van der Waals surface area contributed by atoms with Gasteiger partial charge >= 0.3 is 0 Å². The largest absolute Gasteiger partial charge is 0.383 e. The summed E-state index contributed by atoms with van der Waals surface area (Å²) in [5, 5.41) is 18.4. The number of anilines is 2. The zero-order valence-corrected chi connectivity index (χ0v) is 10.7. The highest BCUT2D eigenvalue weighted by molar-refractivity contribution is 6.06. The molecule has 2 heterocycles. The molecule has 21 heavy (non-hydrogen) atoms. The van der Waals surface area contributed by atoms with Crippen LogP contribution in [0.25, 0.3) is 10.9 Å². The summed E-state index contributed by atoms with van der Waals surface area (Å²) in [4.78, 5) is 20.1. The van der Waals surface area contributed by atoms with Crippen LogP contribution in [0.15, 0.2) is 30.7 Å². The third-order valence-corrected chi connectivity index (χ3v) is 2.93. The van der Waals surface area contributed by atoms with Crippen molar-refractivity contribution in [3.63, 3.8) is 0 Å². The van der Waals surface area contributed by atoms with Crippen LogP contribution < -0.4 is 11.1 Å². The summed E-state index contributed by atoms with van der Waals surface area (Å²) in [5.74, 6) is 0.229. The van der Waals surface area contributed by atoms with E-state index in [0.717, 1.165) is 0 Å². The van der Waals surface area contributed by atoms with Crippen molar-refractivity contribution in [3.8, 4) is 6.07 Å². The standard InChI is InChI=1S/C13H9N7O/c14-4-8-5-18-20-12(8)19-13(21)7-1-2-9-10(3-7)16-6-17-11(9)15/h1-3,5-6H,(H2,15,16,17)(H2,18,19,20,21). The van der Waals surface area contributed by atoms with Gasteiger partial charge in [0.25, 0.3) is 5.91 Å². The maximum Gasteiger partial charge on any atom is 0.256 e. The first-order valence-electron chi connectivity index (χ1n) is 5.94. The Hall–Kier alpha value is -3.47. The third kappa shape index (κ3) is 2.23. The highest BCUT2D eigenvalue weighted by Crippen LogP contribution is 2.19. The molecule has 0 atom stereocenters. The first-order valence-corrected chi connectivity index (χ1v) is 5.94. The van der Waals surface area contributed by atoms with Gasteiger partial charge in [-0.15, -0.1) is 0 Å². The van der Waals surface area contributed by atoms with Crippen LogP contribution in [0.4, 0.5) is 11.6 Å². The van der Waals surface area contributed by atoms with Gasteiger partial charge in [0.1, 0.15) is 29.6 Å². The van der Waals surface area contributed by atoms with Gasteiger partial charge < -0.3 is 11.1 Å². The van der Waals surface area contributed by atoms with Crippen LogP contribution in [-0.4, -0.2) is 26.1 Å². The Labute approximate surface area is 118 Å². The quantitative estimate of drug-likeness (QED) is 0.642. The van der Waals surface area contributed by atoms with Gasteiger partial charge in [0.15, 0.2) is 0 Å². The number of nitrogens with zero attached hydrogens (tertiary/aromatic N) is 4. The molecule has 0 saturated carbocycles. The molecule has 2 aromatic heterocycles. The lowest BCUT2D eigenvalue weighted by Crippen LogP contribution is -2.13. The van der Waals surface area contributed by atoms with E-state index in [1.54, 1.807) is 18.2 Å². The lowest BCUT2D eigenvalue weighted by Gasteiger charge is -2.05. The number of H-pyrrole nitrogens is 1. The number of benzene rings is 1. The third-order valence-electron chi connectivity index (χ3n) is 2.93. The van der Waals surface area contributed by atoms with Gasteiger partial charge in [-0.2, -0.15) is 10.4 Å². The molecule has 1 aromatic carbocycles. The number of nitriles is 1. The number of fused-ring (bicyclic) bond motifs is 1. The van der Waals surface area contributed by atoms with E-state index in [-0.39, 0.29) is 17.3 Å². The number of aromatic nitrogens is 4. The summed E-state index contributed by atoms with van der Waals surface area (Å²) in [6, 6.07) is 6.82. The molecule has 8 heteroatoms. The summed E-state index contributed by atoms with van der Waals surface area (Å²) >= 11 is 0. The lowest BCUT2D eigenvalue weighted by atomic mass is 10.1. The molecule has 0 aliphatic carbocycles. The van der Waals surface area contributed by atoms with Gasteiger partial charge in [0.05, 0.1) is 11.7 Å². The highest BCUT2D eigenvalue weighted by Gasteiger charge is 2.12. The predicted molar refractivity (Wildman–Crippen MR) is 75.2 cm³/mol. The smallest absolute Gasteiger partial charge is 0.256 e. The van der Waals surface area contributed by atoms with Gasteiger partial charge in [0.2, 0.25) is 0 Å². The number of amides is 1. The molecule has 0 aliphatic rings. The Kier molecular flexibility index (Phi) is 2.93. The summed E-state index contributed by atoms with van der Waals surface area (Å²) in [6.45, 7) is 0.